The largest absolute Gasteiger partial charge is 0.481 e. The Kier molecular flexibility index (Phi) is 4.66. The number of aliphatic carboxylic acids is 1. The van der Waals surface area contributed by atoms with Gasteiger partial charge in [0.25, 0.3) is 0 Å². The van der Waals surface area contributed by atoms with Gasteiger partial charge < -0.3 is 5.11 Å². The minimum Gasteiger partial charge on any atom is -0.481 e. The van der Waals surface area contributed by atoms with E-state index >= 15 is 0 Å². The van der Waals surface area contributed by atoms with Crippen LogP contribution in [0.3, 0.4) is 0 Å². The van der Waals surface area contributed by atoms with Crippen molar-refractivity contribution in [2.45, 2.75) is 32.7 Å². The van der Waals surface area contributed by atoms with E-state index < -0.39 is 11.4 Å². The Morgan fingerprint density at radius 2 is 2.05 bits per heavy atom. The topological polar surface area (TPSA) is 40.5 Å². The van der Waals surface area contributed by atoms with Gasteiger partial charge >= 0.3 is 5.97 Å². The van der Waals surface area contributed by atoms with Crippen molar-refractivity contribution in [2.75, 3.05) is 13.1 Å². The number of rotatable bonds is 4. The summed E-state index contributed by atoms with van der Waals surface area (Å²) in [6.45, 7) is 3.97. The highest BCUT2D eigenvalue weighted by Crippen LogP contribution is 2.35. The molecule has 0 bridgehead atoms. The van der Waals surface area contributed by atoms with Gasteiger partial charge in [-0.2, -0.15) is 0 Å². The van der Waals surface area contributed by atoms with E-state index in [1.807, 2.05) is 6.92 Å². The number of hydrogen-bond donors (Lipinski definition) is 1. The Morgan fingerprint density at radius 3 is 2.55 bits per heavy atom. The van der Waals surface area contributed by atoms with Crippen LogP contribution in [0.5, 0.6) is 0 Å². The maximum absolute atomic E-state index is 13.3. The van der Waals surface area contributed by atoms with E-state index in [0.717, 1.165) is 5.56 Å². The predicted molar refractivity (Wildman–Crippen MR) is 76.3 cm³/mol. The lowest BCUT2D eigenvalue weighted by Gasteiger charge is -2.38. The number of benzene rings is 1. The fourth-order valence-corrected chi connectivity index (χ4v) is 3.06. The summed E-state index contributed by atoms with van der Waals surface area (Å²) in [5, 5.41) is 9.75. The van der Waals surface area contributed by atoms with Gasteiger partial charge in [0.2, 0.25) is 0 Å². The van der Waals surface area contributed by atoms with Crippen molar-refractivity contribution in [2.24, 2.45) is 5.41 Å². The van der Waals surface area contributed by atoms with E-state index in [2.05, 4.69) is 4.90 Å². The standard InChI is InChI=1S/C15H19ClFNO2/c1-2-15(14(19)20)3-5-18(6-4-15)10-11-7-12(16)9-13(17)8-11/h7-9H,2-6,10H2,1H3,(H,19,20). The number of likely N-dealkylation sites (tertiary alicyclic amines) is 1. The molecule has 0 saturated carbocycles. The second kappa shape index (κ2) is 6.10. The van der Waals surface area contributed by atoms with Crippen LogP contribution in [0.25, 0.3) is 0 Å². The molecule has 1 aromatic carbocycles. The van der Waals surface area contributed by atoms with Crippen molar-refractivity contribution in [3.05, 3.63) is 34.6 Å². The second-order valence-corrected chi connectivity index (χ2v) is 5.93. The first kappa shape index (κ1) is 15.3. The van der Waals surface area contributed by atoms with Gasteiger partial charge in [0, 0.05) is 11.6 Å². The minimum absolute atomic E-state index is 0.335. The summed E-state index contributed by atoms with van der Waals surface area (Å²) in [5.74, 6) is -1.04. The molecule has 1 saturated heterocycles. The first-order valence-corrected chi connectivity index (χ1v) is 7.24. The maximum atomic E-state index is 13.3. The summed E-state index contributed by atoms with van der Waals surface area (Å²) in [6, 6.07) is 4.52. The van der Waals surface area contributed by atoms with Gasteiger partial charge in [-0.25, -0.2) is 4.39 Å². The average molecular weight is 300 g/mol. The lowest BCUT2D eigenvalue weighted by Crippen LogP contribution is -2.43. The molecule has 110 valence electrons. The number of hydrogen-bond acceptors (Lipinski definition) is 2. The molecule has 1 fully saturated rings. The highest BCUT2D eigenvalue weighted by molar-refractivity contribution is 6.30. The molecule has 1 aliphatic heterocycles. The molecule has 0 atom stereocenters. The molecule has 1 N–H and O–H groups in total. The Hall–Kier alpha value is -1.13. The number of halogens is 2. The zero-order valence-corrected chi connectivity index (χ0v) is 12.3. The minimum atomic E-state index is -0.701. The number of carbonyl (C=O) groups is 1. The molecule has 0 radical (unpaired) electrons. The number of nitrogens with zero attached hydrogens (tertiary/aromatic N) is 1. The molecule has 0 spiro atoms. The van der Waals surface area contributed by atoms with Gasteiger partial charge in [0.05, 0.1) is 5.41 Å². The summed E-state index contributed by atoms with van der Waals surface area (Å²) in [4.78, 5) is 13.5. The highest BCUT2D eigenvalue weighted by atomic mass is 35.5. The van der Waals surface area contributed by atoms with Crippen molar-refractivity contribution >= 4 is 17.6 Å². The molecule has 0 aliphatic carbocycles. The third-order valence-electron chi connectivity index (χ3n) is 4.27. The number of piperidine rings is 1. The zero-order chi connectivity index (χ0) is 14.8. The van der Waals surface area contributed by atoms with Crippen molar-refractivity contribution < 1.29 is 14.3 Å². The molecule has 0 unspecified atom stereocenters. The molecular weight excluding hydrogens is 281 g/mol. The van der Waals surface area contributed by atoms with Crippen LogP contribution >= 0.6 is 11.6 Å². The first-order chi connectivity index (χ1) is 9.45. The second-order valence-electron chi connectivity index (χ2n) is 5.49. The summed E-state index contributed by atoms with van der Waals surface area (Å²) < 4.78 is 13.3. The van der Waals surface area contributed by atoms with Gasteiger partial charge in [0.1, 0.15) is 5.82 Å². The van der Waals surface area contributed by atoms with Crippen LogP contribution in [0.1, 0.15) is 31.7 Å². The van der Waals surface area contributed by atoms with Crippen LogP contribution < -0.4 is 0 Å². The fraction of sp³-hybridized carbons (Fsp3) is 0.533. The summed E-state index contributed by atoms with van der Waals surface area (Å²) >= 11 is 5.84. The third-order valence-corrected chi connectivity index (χ3v) is 4.49. The molecule has 0 amide bonds. The van der Waals surface area contributed by atoms with E-state index in [0.29, 0.717) is 43.9 Å². The Labute approximate surface area is 123 Å². The maximum Gasteiger partial charge on any atom is 0.309 e. The molecule has 5 heteroatoms. The monoisotopic (exact) mass is 299 g/mol. The van der Waals surface area contributed by atoms with E-state index in [1.165, 1.54) is 12.1 Å². The number of carboxylic acids is 1. The molecule has 0 aromatic heterocycles. The highest BCUT2D eigenvalue weighted by Gasteiger charge is 2.39. The Bertz CT molecular complexity index is 478. The molecular formula is C15H19ClFNO2. The van der Waals surface area contributed by atoms with Crippen LogP contribution in [-0.4, -0.2) is 29.1 Å². The van der Waals surface area contributed by atoms with Crippen LogP contribution in [0.4, 0.5) is 4.39 Å². The molecule has 1 heterocycles. The smallest absolute Gasteiger partial charge is 0.309 e. The van der Waals surface area contributed by atoms with E-state index in [-0.39, 0.29) is 5.82 Å². The van der Waals surface area contributed by atoms with Crippen LogP contribution in [-0.2, 0) is 11.3 Å². The van der Waals surface area contributed by atoms with Gasteiger partial charge in [-0.05, 0) is 56.1 Å². The van der Waals surface area contributed by atoms with E-state index in [4.69, 9.17) is 11.6 Å². The fourth-order valence-electron chi connectivity index (χ4n) is 2.82. The normalized spacial score (nSPS) is 18.9. The van der Waals surface area contributed by atoms with E-state index in [1.54, 1.807) is 6.07 Å². The molecule has 1 aromatic rings. The van der Waals surface area contributed by atoms with Gasteiger partial charge in [0.15, 0.2) is 0 Å². The summed E-state index contributed by atoms with van der Waals surface area (Å²) in [7, 11) is 0. The predicted octanol–water partition coefficient (Wildman–Crippen LogP) is 3.56. The molecule has 3 nitrogen and oxygen atoms in total. The van der Waals surface area contributed by atoms with Crippen molar-refractivity contribution in [3.63, 3.8) is 0 Å². The lowest BCUT2D eigenvalue weighted by atomic mass is 9.76. The Morgan fingerprint density at radius 1 is 1.40 bits per heavy atom. The Balaban J connectivity index is 1.99. The molecule has 1 aliphatic rings. The SMILES string of the molecule is CCC1(C(=O)O)CCN(Cc2cc(F)cc(Cl)c2)CC1. The third kappa shape index (κ3) is 3.30. The van der Waals surface area contributed by atoms with Crippen LogP contribution in [0, 0.1) is 11.2 Å². The zero-order valence-electron chi connectivity index (χ0n) is 11.5. The van der Waals surface area contributed by atoms with Crippen LogP contribution in [0.2, 0.25) is 5.02 Å². The molecule has 20 heavy (non-hydrogen) atoms. The van der Waals surface area contributed by atoms with Gasteiger partial charge in [-0.15, -0.1) is 0 Å². The summed E-state index contributed by atoms with van der Waals surface area (Å²) in [5.41, 5.74) is 0.241. The van der Waals surface area contributed by atoms with Crippen molar-refractivity contribution in [1.29, 1.82) is 0 Å². The van der Waals surface area contributed by atoms with Crippen molar-refractivity contribution in [3.8, 4) is 0 Å². The summed E-state index contributed by atoms with van der Waals surface area (Å²) in [6.07, 6.45) is 1.94. The average Bonchev–Trinajstić information content (AvgIpc) is 2.38. The number of carboxylic acid groups (broad SMARTS) is 1. The van der Waals surface area contributed by atoms with Gasteiger partial charge in [-0.3, -0.25) is 9.69 Å². The quantitative estimate of drug-likeness (QED) is 0.924. The van der Waals surface area contributed by atoms with Crippen LogP contribution in [0.15, 0.2) is 18.2 Å². The molecule has 2 rings (SSSR count). The van der Waals surface area contributed by atoms with E-state index in [9.17, 15) is 14.3 Å². The first-order valence-electron chi connectivity index (χ1n) is 6.86. The van der Waals surface area contributed by atoms with Crippen molar-refractivity contribution in [1.82, 2.24) is 4.90 Å². The lowest BCUT2D eigenvalue weighted by molar-refractivity contribution is -0.152. The van der Waals surface area contributed by atoms with Gasteiger partial charge in [-0.1, -0.05) is 18.5 Å².